The summed E-state index contributed by atoms with van der Waals surface area (Å²) in [6.45, 7) is 9.08. The zero-order chi connectivity index (χ0) is 9.84. The first-order chi connectivity index (χ1) is 6.11. The van der Waals surface area contributed by atoms with E-state index in [2.05, 4.69) is 49.8 Å². The molecule has 1 aliphatic rings. The third-order valence-corrected chi connectivity index (χ3v) is 2.21. The van der Waals surface area contributed by atoms with Crippen LogP contribution in [0.5, 0.6) is 0 Å². The molecule has 70 valence electrons. The summed E-state index contributed by atoms with van der Waals surface area (Å²) in [7, 11) is 2.09. The maximum Gasteiger partial charge on any atom is 0.0573 e. The van der Waals surface area contributed by atoms with Crippen molar-refractivity contribution in [2.75, 3.05) is 13.6 Å². The van der Waals surface area contributed by atoms with Crippen LogP contribution < -0.4 is 0 Å². The van der Waals surface area contributed by atoms with E-state index in [1.807, 2.05) is 6.92 Å². The van der Waals surface area contributed by atoms with Crippen LogP contribution in [0.15, 0.2) is 47.7 Å². The SMILES string of the molecule is C=C(C)/C(C)=C/C=C/C=C1\CN1C. The van der Waals surface area contributed by atoms with Gasteiger partial charge in [-0.3, -0.25) is 0 Å². The lowest BCUT2D eigenvalue weighted by Crippen LogP contribution is -1.76. The molecular formula is C12H17N. The minimum atomic E-state index is 1.12. The fourth-order valence-corrected chi connectivity index (χ4v) is 0.896. The Bertz CT molecular complexity index is 292. The summed E-state index contributed by atoms with van der Waals surface area (Å²) >= 11 is 0. The molecule has 1 nitrogen and oxygen atoms in total. The van der Waals surface area contributed by atoms with Crippen LogP contribution in [-0.4, -0.2) is 18.5 Å². The number of hydrogen-bond acceptors (Lipinski definition) is 1. The number of hydrogen-bond donors (Lipinski definition) is 0. The van der Waals surface area contributed by atoms with Gasteiger partial charge in [-0.15, -0.1) is 0 Å². The van der Waals surface area contributed by atoms with Crippen molar-refractivity contribution in [1.82, 2.24) is 4.90 Å². The van der Waals surface area contributed by atoms with E-state index in [4.69, 9.17) is 0 Å². The molecule has 0 spiro atoms. The second-order valence-corrected chi connectivity index (χ2v) is 3.53. The highest BCUT2D eigenvalue weighted by molar-refractivity contribution is 5.30. The zero-order valence-corrected chi connectivity index (χ0v) is 8.67. The van der Waals surface area contributed by atoms with Gasteiger partial charge in [-0.25, -0.2) is 0 Å². The number of allylic oxidation sites excluding steroid dienone is 6. The number of likely N-dealkylation sites (N-methyl/N-ethyl adjacent to an activating group) is 1. The van der Waals surface area contributed by atoms with Gasteiger partial charge in [0.1, 0.15) is 0 Å². The average Bonchev–Trinajstić information content (AvgIpc) is 2.75. The largest absolute Gasteiger partial charge is 0.371 e. The molecule has 0 unspecified atom stereocenters. The van der Waals surface area contributed by atoms with Gasteiger partial charge in [0.2, 0.25) is 0 Å². The quantitative estimate of drug-likeness (QED) is 0.471. The molecule has 0 amide bonds. The summed E-state index contributed by atoms with van der Waals surface area (Å²) < 4.78 is 0. The molecule has 1 heteroatoms. The summed E-state index contributed by atoms with van der Waals surface area (Å²) in [5.41, 5.74) is 3.76. The van der Waals surface area contributed by atoms with E-state index in [-0.39, 0.29) is 0 Å². The van der Waals surface area contributed by atoms with Gasteiger partial charge < -0.3 is 4.90 Å². The predicted octanol–water partition coefficient (Wildman–Crippen LogP) is 2.89. The van der Waals surface area contributed by atoms with Crippen LogP contribution >= 0.6 is 0 Å². The van der Waals surface area contributed by atoms with E-state index in [0.29, 0.717) is 0 Å². The summed E-state index contributed by atoms with van der Waals surface area (Å²) in [6, 6.07) is 0. The first kappa shape index (κ1) is 9.85. The van der Waals surface area contributed by atoms with Gasteiger partial charge in [0.05, 0.1) is 6.54 Å². The van der Waals surface area contributed by atoms with Crippen molar-refractivity contribution >= 4 is 0 Å². The summed E-state index contributed by atoms with van der Waals surface area (Å²) in [6.07, 6.45) is 8.36. The van der Waals surface area contributed by atoms with Crippen LogP contribution in [0.25, 0.3) is 0 Å². The predicted molar refractivity (Wildman–Crippen MR) is 58.4 cm³/mol. The molecule has 0 aliphatic carbocycles. The van der Waals surface area contributed by atoms with Crippen LogP contribution in [0.4, 0.5) is 0 Å². The molecule has 0 bridgehead atoms. The molecule has 1 fully saturated rings. The van der Waals surface area contributed by atoms with Gasteiger partial charge in [0, 0.05) is 12.7 Å². The fourth-order valence-electron chi connectivity index (χ4n) is 0.896. The highest BCUT2D eigenvalue weighted by Crippen LogP contribution is 2.17. The maximum absolute atomic E-state index is 3.87. The summed E-state index contributed by atoms with van der Waals surface area (Å²) in [5.74, 6) is 0. The van der Waals surface area contributed by atoms with Crippen molar-refractivity contribution in [2.45, 2.75) is 13.8 Å². The van der Waals surface area contributed by atoms with Crippen LogP contribution in [0.1, 0.15) is 13.8 Å². The number of nitrogens with zero attached hydrogens (tertiary/aromatic N) is 1. The van der Waals surface area contributed by atoms with E-state index < -0.39 is 0 Å². The molecule has 13 heavy (non-hydrogen) atoms. The highest BCUT2D eigenvalue weighted by Gasteiger charge is 2.17. The van der Waals surface area contributed by atoms with Crippen molar-refractivity contribution in [2.24, 2.45) is 0 Å². The van der Waals surface area contributed by atoms with Gasteiger partial charge in [0.25, 0.3) is 0 Å². The normalized spacial score (nSPS) is 20.1. The van der Waals surface area contributed by atoms with Crippen LogP contribution in [0.2, 0.25) is 0 Å². The third-order valence-electron chi connectivity index (χ3n) is 2.21. The monoisotopic (exact) mass is 175 g/mol. The van der Waals surface area contributed by atoms with Gasteiger partial charge in [-0.1, -0.05) is 30.4 Å². The molecule has 1 rings (SSSR count). The molecule has 0 aromatic rings. The Balaban J connectivity index is 2.41. The Kier molecular flexibility index (Phi) is 3.13. The third kappa shape index (κ3) is 3.32. The van der Waals surface area contributed by atoms with Crippen molar-refractivity contribution in [3.8, 4) is 0 Å². The van der Waals surface area contributed by atoms with Gasteiger partial charge >= 0.3 is 0 Å². The minimum absolute atomic E-state index is 1.12. The molecule has 1 aliphatic heterocycles. The molecule has 1 saturated heterocycles. The van der Waals surface area contributed by atoms with Crippen LogP contribution in [0.3, 0.4) is 0 Å². The minimum Gasteiger partial charge on any atom is -0.371 e. The van der Waals surface area contributed by atoms with Gasteiger partial charge in [0.15, 0.2) is 0 Å². The van der Waals surface area contributed by atoms with Crippen molar-refractivity contribution < 1.29 is 0 Å². The average molecular weight is 175 g/mol. The Labute approximate surface area is 80.7 Å². The molecule has 1 heterocycles. The van der Waals surface area contributed by atoms with E-state index >= 15 is 0 Å². The van der Waals surface area contributed by atoms with E-state index in [1.54, 1.807) is 0 Å². The van der Waals surface area contributed by atoms with Crippen molar-refractivity contribution in [3.63, 3.8) is 0 Å². The molecule has 0 aromatic heterocycles. The molecule has 0 saturated carbocycles. The lowest BCUT2D eigenvalue weighted by atomic mass is 10.1. The second kappa shape index (κ2) is 4.13. The molecule has 0 radical (unpaired) electrons. The lowest BCUT2D eigenvalue weighted by Gasteiger charge is -1.93. The summed E-state index contributed by atoms with van der Waals surface area (Å²) in [4.78, 5) is 2.21. The Morgan fingerprint density at radius 3 is 2.46 bits per heavy atom. The molecule has 0 N–H and O–H groups in total. The zero-order valence-electron chi connectivity index (χ0n) is 8.67. The van der Waals surface area contributed by atoms with E-state index in [0.717, 1.165) is 12.1 Å². The van der Waals surface area contributed by atoms with Crippen molar-refractivity contribution in [1.29, 1.82) is 0 Å². The molecule has 0 atom stereocenters. The van der Waals surface area contributed by atoms with Gasteiger partial charge in [-0.2, -0.15) is 0 Å². The Morgan fingerprint density at radius 2 is 2.00 bits per heavy atom. The molecular weight excluding hydrogens is 158 g/mol. The maximum atomic E-state index is 3.87. The second-order valence-electron chi connectivity index (χ2n) is 3.53. The first-order valence-electron chi connectivity index (χ1n) is 4.52. The Hall–Kier alpha value is -1.24. The van der Waals surface area contributed by atoms with Gasteiger partial charge in [-0.05, 0) is 25.5 Å². The topological polar surface area (TPSA) is 3.01 Å². The Morgan fingerprint density at radius 1 is 1.38 bits per heavy atom. The fraction of sp³-hybridized carbons (Fsp3) is 0.333. The molecule has 0 aromatic carbocycles. The smallest absolute Gasteiger partial charge is 0.0573 e. The van der Waals surface area contributed by atoms with E-state index in [1.165, 1.54) is 11.3 Å². The number of rotatable bonds is 3. The van der Waals surface area contributed by atoms with Crippen molar-refractivity contribution in [3.05, 3.63) is 47.7 Å². The van der Waals surface area contributed by atoms with Crippen LogP contribution in [0, 0.1) is 0 Å². The van der Waals surface area contributed by atoms with Crippen LogP contribution in [-0.2, 0) is 0 Å². The van der Waals surface area contributed by atoms with E-state index in [9.17, 15) is 0 Å². The summed E-state index contributed by atoms with van der Waals surface area (Å²) in [5, 5.41) is 0. The first-order valence-corrected chi connectivity index (χ1v) is 4.52. The standard InChI is InChI=1S/C12H17N/c1-10(2)11(3)7-5-6-8-12-9-13(12)4/h5-8H,1,9H2,2-4H3/b6-5+,11-7+,12-8+. The lowest BCUT2D eigenvalue weighted by molar-refractivity contribution is 0.729. The highest BCUT2D eigenvalue weighted by atomic mass is 15.2.